The van der Waals surface area contributed by atoms with E-state index in [0.29, 0.717) is 5.56 Å². The highest BCUT2D eigenvalue weighted by Crippen LogP contribution is 2.20. The van der Waals surface area contributed by atoms with Crippen LogP contribution in [0.2, 0.25) is 0 Å². The maximum Gasteiger partial charge on any atom is 0.255 e. The van der Waals surface area contributed by atoms with E-state index in [0.717, 1.165) is 22.4 Å². The summed E-state index contributed by atoms with van der Waals surface area (Å²) < 4.78 is 0. The molecule has 22 heavy (non-hydrogen) atoms. The van der Waals surface area contributed by atoms with E-state index in [1.54, 1.807) is 12.4 Å². The van der Waals surface area contributed by atoms with Gasteiger partial charge in [-0.1, -0.05) is 30.3 Å². The summed E-state index contributed by atoms with van der Waals surface area (Å²) in [7, 11) is 0. The van der Waals surface area contributed by atoms with Crippen LogP contribution >= 0.6 is 0 Å². The second-order valence-electron chi connectivity index (χ2n) is 5.08. The van der Waals surface area contributed by atoms with Crippen LogP contribution in [0.1, 0.15) is 15.9 Å². The third kappa shape index (κ3) is 3.04. The number of aryl methyl sites for hydroxylation is 1. The number of benzene rings is 2. The van der Waals surface area contributed by atoms with Gasteiger partial charge in [0.15, 0.2) is 0 Å². The summed E-state index contributed by atoms with van der Waals surface area (Å²) in [5, 5.41) is 2.94. The van der Waals surface area contributed by atoms with Gasteiger partial charge in [0.05, 0.1) is 0 Å². The van der Waals surface area contributed by atoms with Gasteiger partial charge in [-0.25, -0.2) is 0 Å². The van der Waals surface area contributed by atoms with Crippen LogP contribution in [0.25, 0.3) is 11.1 Å². The smallest absolute Gasteiger partial charge is 0.255 e. The minimum Gasteiger partial charge on any atom is -0.322 e. The first-order valence-corrected chi connectivity index (χ1v) is 7.11. The van der Waals surface area contributed by atoms with Crippen molar-refractivity contribution in [2.24, 2.45) is 0 Å². The molecule has 0 bridgehead atoms. The number of carbonyl (C=O) groups is 1. The molecule has 1 amide bonds. The molecule has 108 valence electrons. The molecule has 3 rings (SSSR count). The van der Waals surface area contributed by atoms with E-state index in [-0.39, 0.29) is 5.91 Å². The number of carbonyl (C=O) groups excluding carboxylic acids is 1. The maximum absolute atomic E-state index is 12.3. The third-order valence-electron chi connectivity index (χ3n) is 3.55. The topological polar surface area (TPSA) is 42.0 Å². The molecule has 0 fully saturated rings. The number of hydrogen-bond donors (Lipinski definition) is 1. The highest BCUT2D eigenvalue weighted by molar-refractivity contribution is 6.04. The minimum atomic E-state index is -0.101. The van der Waals surface area contributed by atoms with Gasteiger partial charge in [0.25, 0.3) is 5.91 Å². The fourth-order valence-corrected chi connectivity index (χ4v) is 2.27. The van der Waals surface area contributed by atoms with Gasteiger partial charge in [-0.15, -0.1) is 0 Å². The van der Waals surface area contributed by atoms with Crippen molar-refractivity contribution in [3.05, 3.63) is 84.2 Å². The van der Waals surface area contributed by atoms with Crippen LogP contribution in [0.4, 0.5) is 5.69 Å². The first-order chi connectivity index (χ1) is 10.7. The second-order valence-corrected chi connectivity index (χ2v) is 5.08. The van der Waals surface area contributed by atoms with Crippen LogP contribution in [0.3, 0.4) is 0 Å². The Morgan fingerprint density at radius 2 is 1.50 bits per heavy atom. The van der Waals surface area contributed by atoms with Crippen LogP contribution in [-0.4, -0.2) is 10.9 Å². The fraction of sp³-hybridized carbons (Fsp3) is 0.0526. The number of pyridine rings is 1. The molecule has 0 aliphatic heterocycles. The van der Waals surface area contributed by atoms with E-state index in [1.807, 2.05) is 67.6 Å². The van der Waals surface area contributed by atoms with Gasteiger partial charge in [-0.2, -0.15) is 0 Å². The monoisotopic (exact) mass is 288 g/mol. The van der Waals surface area contributed by atoms with Crippen molar-refractivity contribution in [3.63, 3.8) is 0 Å². The summed E-state index contributed by atoms with van der Waals surface area (Å²) in [6, 6.07) is 19.2. The van der Waals surface area contributed by atoms with Crippen LogP contribution in [0.15, 0.2) is 73.1 Å². The molecule has 0 aliphatic rings. The Hall–Kier alpha value is -2.94. The van der Waals surface area contributed by atoms with Gasteiger partial charge in [0.2, 0.25) is 0 Å². The van der Waals surface area contributed by atoms with Crippen LogP contribution in [0.5, 0.6) is 0 Å². The summed E-state index contributed by atoms with van der Waals surface area (Å²) >= 11 is 0. The van der Waals surface area contributed by atoms with Crippen molar-refractivity contribution in [2.45, 2.75) is 6.92 Å². The molecule has 3 nitrogen and oxygen atoms in total. The predicted octanol–water partition coefficient (Wildman–Crippen LogP) is 4.31. The third-order valence-corrected chi connectivity index (χ3v) is 3.55. The van der Waals surface area contributed by atoms with E-state index in [2.05, 4.69) is 10.3 Å². The molecule has 2 aromatic carbocycles. The van der Waals surface area contributed by atoms with Crippen molar-refractivity contribution in [3.8, 4) is 11.1 Å². The van der Waals surface area contributed by atoms with Gasteiger partial charge >= 0.3 is 0 Å². The number of para-hydroxylation sites is 1. The molecule has 0 aliphatic carbocycles. The standard InChI is InChI=1S/C19H16N2O/c1-14-4-2-3-5-18(14)21-19(22)17-8-6-15(7-9-17)16-10-12-20-13-11-16/h2-13H,1H3,(H,21,22). The summed E-state index contributed by atoms with van der Waals surface area (Å²) in [6.45, 7) is 1.97. The number of hydrogen-bond acceptors (Lipinski definition) is 2. The normalized spacial score (nSPS) is 10.2. The lowest BCUT2D eigenvalue weighted by Crippen LogP contribution is -2.12. The lowest BCUT2D eigenvalue weighted by molar-refractivity contribution is 0.102. The average Bonchev–Trinajstić information content (AvgIpc) is 2.58. The first-order valence-electron chi connectivity index (χ1n) is 7.11. The quantitative estimate of drug-likeness (QED) is 0.780. The Morgan fingerprint density at radius 3 is 2.18 bits per heavy atom. The molecule has 0 radical (unpaired) electrons. The predicted molar refractivity (Wildman–Crippen MR) is 88.8 cm³/mol. The van der Waals surface area contributed by atoms with E-state index >= 15 is 0 Å². The largest absolute Gasteiger partial charge is 0.322 e. The highest BCUT2D eigenvalue weighted by atomic mass is 16.1. The zero-order valence-corrected chi connectivity index (χ0v) is 12.3. The Labute approximate surface area is 129 Å². The lowest BCUT2D eigenvalue weighted by Gasteiger charge is -2.08. The molecular formula is C19H16N2O. The van der Waals surface area contributed by atoms with Crippen molar-refractivity contribution in [1.29, 1.82) is 0 Å². The Kier molecular flexibility index (Phi) is 3.97. The highest BCUT2D eigenvalue weighted by Gasteiger charge is 2.07. The van der Waals surface area contributed by atoms with Gasteiger partial charge in [-0.3, -0.25) is 9.78 Å². The molecule has 1 aromatic heterocycles. The lowest BCUT2D eigenvalue weighted by atomic mass is 10.0. The maximum atomic E-state index is 12.3. The molecular weight excluding hydrogens is 272 g/mol. The van der Waals surface area contributed by atoms with Gasteiger partial charge in [0, 0.05) is 23.6 Å². The first kappa shape index (κ1) is 14.0. The Morgan fingerprint density at radius 1 is 0.864 bits per heavy atom. The second kappa shape index (κ2) is 6.22. The van der Waals surface area contributed by atoms with Gasteiger partial charge in [-0.05, 0) is 53.9 Å². The zero-order chi connectivity index (χ0) is 15.4. The van der Waals surface area contributed by atoms with Crippen molar-refractivity contribution >= 4 is 11.6 Å². The number of anilines is 1. The Bertz CT molecular complexity index is 780. The summed E-state index contributed by atoms with van der Waals surface area (Å²) in [6.07, 6.45) is 3.52. The molecule has 0 saturated heterocycles. The molecule has 1 N–H and O–H groups in total. The van der Waals surface area contributed by atoms with Gasteiger partial charge < -0.3 is 5.32 Å². The number of amides is 1. The number of nitrogens with zero attached hydrogens (tertiary/aromatic N) is 1. The number of aromatic nitrogens is 1. The SMILES string of the molecule is Cc1ccccc1NC(=O)c1ccc(-c2ccncc2)cc1. The van der Waals surface area contributed by atoms with Crippen LogP contribution in [0, 0.1) is 6.92 Å². The summed E-state index contributed by atoms with van der Waals surface area (Å²) in [5.74, 6) is -0.101. The summed E-state index contributed by atoms with van der Waals surface area (Å²) in [5.41, 5.74) is 4.67. The molecule has 1 heterocycles. The Balaban J connectivity index is 1.78. The average molecular weight is 288 g/mol. The fourth-order valence-electron chi connectivity index (χ4n) is 2.27. The molecule has 3 aromatic rings. The van der Waals surface area contributed by atoms with Crippen molar-refractivity contribution in [1.82, 2.24) is 4.98 Å². The molecule has 3 heteroatoms. The van der Waals surface area contributed by atoms with Gasteiger partial charge in [0.1, 0.15) is 0 Å². The van der Waals surface area contributed by atoms with E-state index in [9.17, 15) is 4.79 Å². The van der Waals surface area contributed by atoms with Crippen LogP contribution < -0.4 is 5.32 Å². The summed E-state index contributed by atoms with van der Waals surface area (Å²) in [4.78, 5) is 16.3. The van der Waals surface area contributed by atoms with E-state index in [4.69, 9.17) is 0 Å². The van der Waals surface area contributed by atoms with E-state index in [1.165, 1.54) is 0 Å². The molecule has 0 unspecified atom stereocenters. The van der Waals surface area contributed by atoms with Crippen LogP contribution in [-0.2, 0) is 0 Å². The zero-order valence-electron chi connectivity index (χ0n) is 12.3. The molecule has 0 atom stereocenters. The minimum absolute atomic E-state index is 0.101. The molecule has 0 saturated carbocycles. The van der Waals surface area contributed by atoms with Crippen molar-refractivity contribution < 1.29 is 4.79 Å². The molecule has 0 spiro atoms. The number of rotatable bonds is 3. The number of nitrogens with one attached hydrogen (secondary N) is 1. The van der Waals surface area contributed by atoms with Crippen molar-refractivity contribution in [2.75, 3.05) is 5.32 Å². The van der Waals surface area contributed by atoms with E-state index < -0.39 is 0 Å².